The van der Waals surface area contributed by atoms with Gasteiger partial charge in [-0.3, -0.25) is 9.36 Å². The number of nitrogen functional groups attached to an aromatic ring is 1. The summed E-state index contributed by atoms with van der Waals surface area (Å²) in [6.45, 7) is 2.15. The van der Waals surface area contributed by atoms with Gasteiger partial charge >= 0.3 is 5.97 Å². The highest BCUT2D eigenvalue weighted by Gasteiger charge is 2.20. The van der Waals surface area contributed by atoms with Crippen LogP contribution >= 0.6 is 11.8 Å². The van der Waals surface area contributed by atoms with Crippen LogP contribution in [0.15, 0.2) is 41.8 Å². The van der Waals surface area contributed by atoms with Crippen molar-refractivity contribution in [1.29, 1.82) is 0 Å². The van der Waals surface area contributed by atoms with E-state index in [9.17, 15) is 4.79 Å². The Morgan fingerprint density at radius 2 is 2.09 bits per heavy atom. The van der Waals surface area contributed by atoms with Gasteiger partial charge in [-0.05, 0) is 12.5 Å². The average molecular weight is 329 g/mol. The number of benzene rings is 1. The number of aliphatic carboxylic acids is 1. The van der Waals surface area contributed by atoms with Crippen LogP contribution in [0, 0.1) is 0 Å². The Kier molecular flexibility index (Phi) is 4.16. The van der Waals surface area contributed by atoms with Gasteiger partial charge in [0, 0.05) is 0 Å². The van der Waals surface area contributed by atoms with Gasteiger partial charge in [-0.1, -0.05) is 42.1 Å². The third-order valence-corrected chi connectivity index (χ3v) is 4.42. The number of anilines is 1. The Morgan fingerprint density at radius 3 is 2.78 bits per heavy atom. The molecule has 0 unspecified atom stereocenters. The maximum atomic E-state index is 11.1. The minimum Gasteiger partial charge on any atom is -0.480 e. The predicted octanol–water partition coefficient (Wildman–Crippen LogP) is 2.02. The van der Waals surface area contributed by atoms with Crippen LogP contribution in [0.5, 0.6) is 0 Å². The van der Waals surface area contributed by atoms with E-state index >= 15 is 0 Å². The Labute approximate surface area is 136 Å². The van der Waals surface area contributed by atoms with E-state index in [1.807, 2.05) is 34.9 Å². The van der Waals surface area contributed by atoms with E-state index in [0.717, 1.165) is 17.3 Å². The van der Waals surface area contributed by atoms with Gasteiger partial charge in [0.05, 0.1) is 6.54 Å². The second-order valence-electron chi connectivity index (χ2n) is 5.00. The lowest BCUT2D eigenvalue weighted by molar-refractivity contribution is -0.136. The second-order valence-corrected chi connectivity index (χ2v) is 6.30. The third-order valence-electron chi connectivity index (χ3n) is 3.34. The number of thioether (sulfide) groups is 1. The molecule has 23 heavy (non-hydrogen) atoms. The van der Waals surface area contributed by atoms with Crippen molar-refractivity contribution in [3.8, 4) is 0 Å². The largest absolute Gasteiger partial charge is 0.480 e. The summed E-state index contributed by atoms with van der Waals surface area (Å²) in [5, 5.41) is 9.07. The minimum absolute atomic E-state index is 0.284. The van der Waals surface area contributed by atoms with E-state index in [1.54, 1.807) is 6.92 Å². The molecule has 8 heteroatoms. The molecule has 0 bridgehead atoms. The molecule has 1 atom stereocenters. The van der Waals surface area contributed by atoms with E-state index in [4.69, 9.17) is 10.8 Å². The smallest absolute Gasteiger partial charge is 0.316 e. The molecule has 0 saturated heterocycles. The van der Waals surface area contributed by atoms with Crippen molar-refractivity contribution in [2.45, 2.75) is 23.9 Å². The zero-order valence-electron chi connectivity index (χ0n) is 12.4. The molecule has 0 aliphatic carbocycles. The molecule has 3 rings (SSSR count). The van der Waals surface area contributed by atoms with Gasteiger partial charge in [-0.2, -0.15) is 0 Å². The fraction of sp³-hybridized carbons (Fsp3) is 0.200. The lowest BCUT2D eigenvalue weighted by Crippen LogP contribution is -2.13. The fourth-order valence-electron chi connectivity index (χ4n) is 2.14. The number of fused-ring (bicyclic) bond motifs is 1. The highest BCUT2D eigenvalue weighted by molar-refractivity contribution is 8.00. The maximum absolute atomic E-state index is 11.1. The first-order chi connectivity index (χ1) is 11.1. The SMILES string of the molecule is C[C@@H](Sc1nc2c(N)ncnc2n1Cc1ccccc1)C(=O)O. The number of nitrogens with two attached hydrogens (primary N) is 1. The van der Waals surface area contributed by atoms with Crippen molar-refractivity contribution in [2.24, 2.45) is 0 Å². The number of hydrogen-bond donors (Lipinski definition) is 2. The molecule has 2 aromatic heterocycles. The number of imidazole rings is 1. The Balaban J connectivity index is 2.08. The number of aromatic nitrogens is 4. The summed E-state index contributed by atoms with van der Waals surface area (Å²) in [5.41, 5.74) is 8.02. The lowest BCUT2D eigenvalue weighted by Gasteiger charge is -2.10. The van der Waals surface area contributed by atoms with Crippen LogP contribution in [0.3, 0.4) is 0 Å². The zero-order valence-corrected chi connectivity index (χ0v) is 13.2. The molecular weight excluding hydrogens is 314 g/mol. The molecule has 0 amide bonds. The fourth-order valence-corrected chi connectivity index (χ4v) is 2.98. The summed E-state index contributed by atoms with van der Waals surface area (Å²) in [4.78, 5) is 23.8. The van der Waals surface area contributed by atoms with Crippen LogP contribution in [-0.2, 0) is 11.3 Å². The van der Waals surface area contributed by atoms with E-state index < -0.39 is 11.2 Å². The van der Waals surface area contributed by atoms with Gasteiger partial charge in [0.1, 0.15) is 11.6 Å². The predicted molar refractivity (Wildman–Crippen MR) is 88.2 cm³/mol. The first-order valence-electron chi connectivity index (χ1n) is 6.96. The van der Waals surface area contributed by atoms with Crippen LogP contribution in [0.4, 0.5) is 5.82 Å². The Hall–Kier alpha value is -2.61. The van der Waals surface area contributed by atoms with Crippen LogP contribution < -0.4 is 5.73 Å². The van der Waals surface area contributed by atoms with Crippen LogP contribution in [-0.4, -0.2) is 35.8 Å². The summed E-state index contributed by atoms with van der Waals surface area (Å²) in [6.07, 6.45) is 1.38. The standard InChI is InChI=1S/C15H15N5O2S/c1-9(14(21)22)23-15-19-11-12(16)17-8-18-13(11)20(15)7-10-5-3-2-4-6-10/h2-6,8-9H,7H2,1H3,(H,21,22)(H2,16,17,18)/t9-/m1/s1. The minimum atomic E-state index is -0.896. The number of hydrogen-bond acceptors (Lipinski definition) is 6. The highest BCUT2D eigenvalue weighted by Crippen LogP contribution is 2.28. The molecule has 1 aromatic carbocycles. The summed E-state index contributed by atoms with van der Waals surface area (Å²) >= 11 is 1.16. The van der Waals surface area contributed by atoms with E-state index in [0.29, 0.717) is 22.9 Å². The third kappa shape index (κ3) is 3.11. The quantitative estimate of drug-likeness (QED) is 0.690. The van der Waals surface area contributed by atoms with Gasteiger partial charge in [-0.15, -0.1) is 0 Å². The summed E-state index contributed by atoms with van der Waals surface area (Å²) in [5.74, 6) is -0.612. The first-order valence-corrected chi connectivity index (χ1v) is 7.84. The van der Waals surface area contributed by atoms with Crippen LogP contribution in [0.25, 0.3) is 11.2 Å². The summed E-state index contributed by atoms with van der Waals surface area (Å²) in [6, 6.07) is 9.82. The van der Waals surface area contributed by atoms with E-state index in [1.165, 1.54) is 6.33 Å². The zero-order chi connectivity index (χ0) is 16.4. The number of rotatable bonds is 5. The molecule has 3 aromatic rings. The summed E-state index contributed by atoms with van der Waals surface area (Å²) in [7, 11) is 0. The van der Waals surface area contributed by atoms with Crippen molar-refractivity contribution >= 4 is 34.7 Å². The Morgan fingerprint density at radius 1 is 1.35 bits per heavy atom. The number of nitrogens with zero attached hydrogens (tertiary/aromatic N) is 4. The Bertz CT molecular complexity index is 850. The molecule has 0 radical (unpaired) electrons. The van der Waals surface area contributed by atoms with Gasteiger partial charge in [0.15, 0.2) is 22.1 Å². The van der Waals surface area contributed by atoms with Gasteiger partial charge < -0.3 is 10.8 Å². The van der Waals surface area contributed by atoms with Crippen LogP contribution in [0.2, 0.25) is 0 Å². The molecule has 0 fully saturated rings. The van der Waals surface area contributed by atoms with Crippen molar-refractivity contribution in [3.05, 3.63) is 42.2 Å². The molecule has 118 valence electrons. The number of carboxylic acids is 1. The van der Waals surface area contributed by atoms with Gasteiger partial charge in [0.2, 0.25) is 0 Å². The maximum Gasteiger partial charge on any atom is 0.316 e. The first kappa shape index (κ1) is 15.3. The molecule has 0 aliphatic heterocycles. The second kappa shape index (κ2) is 6.25. The van der Waals surface area contributed by atoms with Crippen molar-refractivity contribution < 1.29 is 9.90 Å². The van der Waals surface area contributed by atoms with Crippen molar-refractivity contribution in [1.82, 2.24) is 19.5 Å². The topological polar surface area (TPSA) is 107 Å². The monoisotopic (exact) mass is 329 g/mol. The highest BCUT2D eigenvalue weighted by atomic mass is 32.2. The van der Waals surface area contributed by atoms with E-state index in [2.05, 4.69) is 15.0 Å². The summed E-state index contributed by atoms with van der Waals surface area (Å²) < 4.78 is 1.87. The van der Waals surface area contributed by atoms with Crippen molar-refractivity contribution in [3.63, 3.8) is 0 Å². The normalized spacial score (nSPS) is 12.4. The molecular formula is C15H15N5O2S. The van der Waals surface area contributed by atoms with Gasteiger partial charge in [-0.25, -0.2) is 15.0 Å². The van der Waals surface area contributed by atoms with Crippen LogP contribution in [0.1, 0.15) is 12.5 Å². The molecule has 3 N–H and O–H groups in total. The molecule has 2 heterocycles. The molecule has 0 saturated carbocycles. The number of carboxylic acid groups (broad SMARTS) is 1. The lowest BCUT2D eigenvalue weighted by atomic mass is 10.2. The molecule has 0 spiro atoms. The van der Waals surface area contributed by atoms with E-state index in [-0.39, 0.29) is 5.82 Å². The number of carbonyl (C=O) groups is 1. The average Bonchev–Trinajstić information content (AvgIpc) is 2.88. The molecule has 7 nitrogen and oxygen atoms in total. The van der Waals surface area contributed by atoms with Gasteiger partial charge in [0.25, 0.3) is 0 Å². The molecule has 0 aliphatic rings. The van der Waals surface area contributed by atoms with Crippen molar-refractivity contribution in [2.75, 3.05) is 5.73 Å².